The summed E-state index contributed by atoms with van der Waals surface area (Å²) in [4.78, 5) is 11.4. The summed E-state index contributed by atoms with van der Waals surface area (Å²) in [5.41, 5.74) is 2.48. The Morgan fingerprint density at radius 3 is 2.95 bits per heavy atom. The fourth-order valence-electron chi connectivity index (χ4n) is 1.98. The van der Waals surface area contributed by atoms with Crippen LogP contribution in [0.15, 0.2) is 18.7 Å². The molecule has 0 aliphatic carbocycles. The molecule has 0 saturated heterocycles. The highest BCUT2D eigenvalue weighted by atomic mass is 32.1. The zero-order valence-electron chi connectivity index (χ0n) is 10.5. The Kier molecular flexibility index (Phi) is 2.79. The van der Waals surface area contributed by atoms with E-state index in [1.807, 2.05) is 17.8 Å². The third kappa shape index (κ3) is 1.99. The largest absolute Gasteiger partial charge is 0.479 e. The molecule has 0 radical (unpaired) electrons. The Balaban J connectivity index is 2.13. The van der Waals surface area contributed by atoms with Crippen molar-refractivity contribution in [3.05, 3.63) is 29.1 Å². The summed E-state index contributed by atoms with van der Waals surface area (Å²) in [5, 5.41) is 4.14. The van der Waals surface area contributed by atoms with Crippen molar-refractivity contribution in [3.63, 3.8) is 0 Å². The van der Waals surface area contributed by atoms with Crippen LogP contribution in [0.3, 0.4) is 0 Å². The van der Waals surface area contributed by atoms with E-state index in [1.54, 1.807) is 18.0 Å². The molecule has 3 aromatic rings. The Morgan fingerprint density at radius 1 is 1.42 bits per heavy atom. The van der Waals surface area contributed by atoms with Gasteiger partial charge in [0, 0.05) is 18.8 Å². The number of hydrogen-bond acceptors (Lipinski definition) is 5. The second kappa shape index (κ2) is 4.47. The first-order valence-electron chi connectivity index (χ1n) is 5.64. The molecule has 3 heterocycles. The average molecular weight is 276 g/mol. The number of aromatic amines is 1. The molecule has 0 fully saturated rings. The predicted octanol–water partition coefficient (Wildman–Crippen LogP) is 1.28. The topological polar surface area (TPSA) is 73.6 Å². The molecule has 0 spiro atoms. The predicted molar refractivity (Wildman–Crippen MR) is 71.6 cm³/mol. The highest BCUT2D eigenvalue weighted by Crippen LogP contribution is 2.20. The third-order valence-electron chi connectivity index (χ3n) is 2.82. The Labute approximate surface area is 113 Å². The molecule has 19 heavy (non-hydrogen) atoms. The maximum Gasteiger partial charge on any atom is 0.242 e. The van der Waals surface area contributed by atoms with Crippen LogP contribution in [0.2, 0.25) is 0 Å². The van der Waals surface area contributed by atoms with Gasteiger partial charge >= 0.3 is 0 Å². The summed E-state index contributed by atoms with van der Waals surface area (Å²) in [6, 6.07) is 0. The van der Waals surface area contributed by atoms with Gasteiger partial charge in [0.05, 0.1) is 19.9 Å². The van der Waals surface area contributed by atoms with E-state index in [1.165, 1.54) is 6.33 Å². The fraction of sp³-hybridized carbons (Fsp3) is 0.273. The number of nitrogens with one attached hydrogen (secondary N) is 1. The maximum atomic E-state index is 5.32. The van der Waals surface area contributed by atoms with Crippen molar-refractivity contribution in [1.82, 2.24) is 29.3 Å². The quantitative estimate of drug-likeness (QED) is 0.729. The lowest BCUT2D eigenvalue weighted by atomic mass is 10.3. The molecule has 0 saturated carbocycles. The minimum absolute atomic E-state index is 0.487. The monoisotopic (exact) mass is 276 g/mol. The summed E-state index contributed by atoms with van der Waals surface area (Å²) in [7, 11) is 3.44. The molecule has 3 rings (SSSR count). The number of aromatic nitrogens is 6. The SMILES string of the molecule is COc1ncnc2c1[nH]c(=S)n2Cc1cnn(C)c1. The first-order chi connectivity index (χ1) is 9.19. The number of H-pyrrole nitrogens is 1. The molecule has 0 bridgehead atoms. The molecule has 0 aromatic carbocycles. The number of fused-ring (bicyclic) bond motifs is 1. The average Bonchev–Trinajstić information content (AvgIpc) is 2.94. The normalized spacial score (nSPS) is 11.1. The van der Waals surface area contributed by atoms with Crippen molar-refractivity contribution >= 4 is 23.4 Å². The van der Waals surface area contributed by atoms with Crippen LogP contribution in [-0.4, -0.2) is 36.4 Å². The maximum absolute atomic E-state index is 5.32. The lowest BCUT2D eigenvalue weighted by molar-refractivity contribution is 0.401. The Bertz CT molecular complexity index is 786. The molecule has 1 N–H and O–H groups in total. The summed E-state index contributed by atoms with van der Waals surface area (Å²) in [6.07, 6.45) is 5.21. The summed E-state index contributed by atoms with van der Waals surface area (Å²) >= 11 is 5.32. The number of aryl methyl sites for hydroxylation is 1. The number of methoxy groups -OCH3 is 1. The number of rotatable bonds is 3. The molecule has 8 heteroatoms. The number of ether oxygens (including phenoxy) is 1. The van der Waals surface area contributed by atoms with Crippen LogP contribution in [0.1, 0.15) is 5.56 Å². The molecule has 0 aliphatic rings. The minimum atomic E-state index is 0.487. The van der Waals surface area contributed by atoms with E-state index in [4.69, 9.17) is 17.0 Å². The van der Waals surface area contributed by atoms with E-state index < -0.39 is 0 Å². The van der Waals surface area contributed by atoms with Gasteiger partial charge in [-0.15, -0.1) is 0 Å². The molecule has 3 aromatic heterocycles. The summed E-state index contributed by atoms with van der Waals surface area (Å²) < 4.78 is 9.42. The van der Waals surface area contributed by atoms with Gasteiger partial charge in [-0.3, -0.25) is 9.25 Å². The molecule has 0 aliphatic heterocycles. The molecular formula is C11H12N6OS. The fourth-order valence-corrected chi connectivity index (χ4v) is 2.24. The lowest BCUT2D eigenvalue weighted by Crippen LogP contribution is -2.00. The van der Waals surface area contributed by atoms with Crippen LogP contribution < -0.4 is 4.74 Å². The van der Waals surface area contributed by atoms with Crippen molar-refractivity contribution in [3.8, 4) is 5.88 Å². The second-order valence-corrected chi connectivity index (χ2v) is 4.51. The van der Waals surface area contributed by atoms with E-state index in [2.05, 4.69) is 20.1 Å². The molecular weight excluding hydrogens is 264 g/mol. The van der Waals surface area contributed by atoms with Crippen molar-refractivity contribution in [2.75, 3.05) is 7.11 Å². The van der Waals surface area contributed by atoms with Crippen LogP contribution in [0.4, 0.5) is 0 Å². The second-order valence-electron chi connectivity index (χ2n) is 4.12. The van der Waals surface area contributed by atoms with Gasteiger partial charge in [-0.05, 0) is 12.2 Å². The Morgan fingerprint density at radius 2 is 2.26 bits per heavy atom. The first kappa shape index (κ1) is 11.8. The summed E-state index contributed by atoms with van der Waals surface area (Å²) in [5.74, 6) is 0.487. The van der Waals surface area contributed by atoms with E-state index in [-0.39, 0.29) is 0 Å². The standard InChI is InChI=1S/C11H12N6OS/c1-16-4-7(3-14-16)5-17-9-8(15-11(17)19)10(18-2)13-6-12-9/h3-4,6H,5H2,1-2H3,(H,15,19). The van der Waals surface area contributed by atoms with Gasteiger partial charge in [-0.2, -0.15) is 10.1 Å². The Hall–Kier alpha value is -2.22. The van der Waals surface area contributed by atoms with Gasteiger partial charge < -0.3 is 9.72 Å². The van der Waals surface area contributed by atoms with E-state index in [9.17, 15) is 0 Å². The lowest BCUT2D eigenvalue weighted by Gasteiger charge is -2.02. The molecule has 0 amide bonds. The number of imidazole rings is 1. The van der Waals surface area contributed by atoms with Gasteiger partial charge in [-0.25, -0.2) is 4.98 Å². The molecule has 0 unspecified atom stereocenters. The highest BCUT2D eigenvalue weighted by molar-refractivity contribution is 7.71. The van der Waals surface area contributed by atoms with E-state index in [0.717, 1.165) is 11.2 Å². The van der Waals surface area contributed by atoms with Gasteiger partial charge in [0.2, 0.25) is 5.88 Å². The van der Waals surface area contributed by atoms with Crippen molar-refractivity contribution in [2.45, 2.75) is 6.54 Å². The van der Waals surface area contributed by atoms with Crippen molar-refractivity contribution in [2.24, 2.45) is 7.05 Å². The highest BCUT2D eigenvalue weighted by Gasteiger charge is 2.12. The first-order valence-corrected chi connectivity index (χ1v) is 6.05. The molecule has 7 nitrogen and oxygen atoms in total. The van der Waals surface area contributed by atoms with Gasteiger partial charge in [0.25, 0.3) is 0 Å². The van der Waals surface area contributed by atoms with Crippen LogP contribution in [0.5, 0.6) is 5.88 Å². The van der Waals surface area contributed by atoms with Crippen molar-refractivity contribution < 1.29 is 4.74 Å². The van der Waals surface area contributed by atoms with Crippen LogP contribution >= 0.6 is 12.2 Å². The van der Waals surface area contributed by atoms with Crippen molar-refractivity contribution in [1.29, 1.82) is 0 Å². The van der Waals surface area contributed by atoms with Crippen LogP contribution in [-0.2, 0) is 13.6 Å². The summed E-state index contributed by atoms with van der Waals surface area (Å²) in [6.45, 7) is 0.604. The number of nitrogens with zero attached hydrogens (tertiary/aromatic N) is 5. The smallest absolute Gasteiger partial charge is 0.242 e. The molecule has 98 valence electrons. The third-order valence-corrected chi connectivity index (χ3v) is 3.14. The van der Waals surface area contributed by atoms with Gasteiger partial charge in [0.15, 0.2) is 10.4 Å². The number of hydrogen-bond donors (Lipinski definition) is 1. The van der Waals surface area contributed by atoms with Crippen LogP contribution in [0, 0.1) is 4.77 Å². The minimum Gasteiger partial charge on any atom is -0.479 e. The van der Waals surface area contributed by atoms with Gasteiger partial charge in [0.1, 0.15) is 11.8 Å². The zero-order chi connectivity index (χ0) is 13.4. The van der Waals surface area contributed by atoms with Crippen LogP contribution in [0.25, 0.3) is 11.2 Å². The zero-order valence-corrected chi connectivity index (χ0v) is 11.3. The van der Waals surface area contributed by atoms with E-state index in [0.29, 0.717) is 22.7 Å². The molecule has 0 atom stereocenters. The van der Waals surface area contributed by atoms with Gasteiger partial charge in [-0.1, -0.05) is 0 Å². The van der Waals surface area contributed by atoms with E-state index >= 15 is 0 Å².